The molecular formula is C52H78N8O12. The third-order valence-electron chi connectivity index (χ3n) is 12.9. The molecular weight excluding hydrogens is 929 g/mol. The minimum atomic E-state index is -1.52. The van der Waals surface area contributed by atoms with Crippen molar-refractivity contribution < 1.29 is 58.5 Å². The molecule has 8 amide bonds. The molecule has 20 heteroatoms. The summed E-state index contributed by atoms with van der Waals surface area (Å²) in [5.74, 6) is -7.68. The largest absolute Gasteiger partial charge is 0.507 e. The topological polar surface area (TPSA) is 284 Å². The Morgan fingerprint density at radius 1 is 0.694 bits per heavy atom. The molecule has 1 aliphatic heterocycles. The van der Waals surface area contributed by atoms with Crippen LogP contribution in [0.25, 0.3) is 11.1 Å². The van der Waals surface area contributed by atoms with Gasteiger partial charge < -0.3 is 56.6 Å². The third kappa shape index (κ3) is 17.9. The van der Waals surface area contributed by atoms with E-state index in [1.807, 2.05) is 0 Å². The van der Waals surface area contributed by atoms with E-state index in [9.17, 15) is 58.5 Å². The van der Waals surface area contributed by atoms with Crippen molar-refractivity contribution in [1.29, 1.82) is 0 Å². The van der Waals surface area contributed by atoms with Gasteiger partial charge in [-0.1, -0.05) is 96.1 Å². The van der Waals surface area contributed by atoms with Crippen molar-refractivity contribution in [3.63, 3.8) is 0 Å². The average Bonchev–Trinajstić information content (AvgIpc) is 3.34. The second kappa shape index (κ2) is 29.7. The number of nitrogens with zero attached hydrogens (tertiary/aromatic N) is 3. The summed E-state index contributed by atoms with van der Waals surface area (Å²) in [5, 5.41) is 44.6. The summed E-state index contributed by atoms with van der Waals surface area (Å²) in [4.78, 5) is 123. The first-order valence-electron chi connectivity index (χ1n) is 25.1. The highest BCUT2D eigenvalue weighted by Gasteiger charge is 2.35. The van der Waals surface area contributed by atoms with Gasteiger partial charge in [-0.3, -0.25) is 43.2 Å². The van der Waals surface area contributed by atoms with E-state index in [0.717, 1.165) is 40.4 Å². The molecule has 0 saturated carbocycles. The number of likely N-dealkylation sites (N-methyl/N-ethyl adjacent to an activating group) is 3. The van der Waals surface area contributed by atoms with E-state index >= 15 is 0 Å². The molecule has 0 aromatic heterocycles. The molecule has 4 bridgehead atoms. The standard InChI is InChI=1S/C52H78N8O12/c1-9-10-11-12-13-14-15-16-17-18-19-20-21-22-43(64)59(7)40(31-61)50(70)55-33(3)47(67)53-30-44(65)60(8)45-36-24-26-42(63)38(29-36)37-27-35(23-25-41(37)62)28-39(57-48(68)34(4)56-51(45)71)49(69)54-32(2)46(66)52(72)58(5)6/h23-27,29,32-34,39-40,45,61-63H,9-22,28,30-31H2,1-8H3,(H,53,67)(H,54,69)(H,55,70)(H,56,71)(H,57,68)/t32-,33+,34-,39-,40+,45-/m0/s1. The van der Waals surface area contributed by atoms with Crippen LogP contribution >= 0.6 is 0 Å². The lowest BCUT2D eigenvalue weighted by molar-refractivity contribution is -0.144. The highest BCUT2D eigenvalue weighted by atomic mass is 16.3. The smallest absolute Gasteiger partial charge is 0.291 e. The van der Waals surface area contributed by atoms with Gasteiger partial charge in [0.1, 0.15) is 41.7 Å². The SMILES string of the molecule is CCCCCCCCCCCCCCCC(=O)N(C)[C@H](CO)C(=O)N[C@H](C)C(=O)NCC(=O)N(C)[C@@H]1C(=O)N[C@@H](C)C(=O)N[C@H](C(=O)N[C@@H](C)C(=O)C(=O)N(C)C)Cc2ccc(O)c(c2)-c2cc1ccc2O. The number of unbranched alkanes of at least 4 members (excludes halogenated alkanes) is 12. The number of aliphatic hydroxyl groups excluding tert-OH is 1. The third-order valence-corrected chi connectivity index (χ3v) is 12.9. The number of aromatic hydroxyl groups is 2. The molecule has 398 valence electrons. The Morgan fingerprint density at radius 3 is 1.82 bits per heavy atom. The minimum absolute atomic E-state index is 0.0352. The number of carbonyl (C=O) groups excluding carboxylic acids is 9. The fraction of sp³-hybridized carbons (Fsp3) is 0.596. The maximum Gasteiger partial charge on any atom is 0.291 e. The molecule has 0 saturated heterocycles. The van der Waals surface area contributed by atoms with E-state index in [4.69, 9.17) is 0 Å². The molecule has 0 radical (unpaired) electrons. The van der Waals surface area contributed by atoms with Crippen molar-refractivity contribution in [3.05, 3.63) is 47.5 Å². The predicted octanol–water partition coefficient (Wildman–Crippen LogP) is 2.89. The number of carbonyl (C=O) groups is 9. The summed E-state index contributed by atoms with van der Waals surface area (Å²) in [6.07, 6.45) is 15.0. The second-order valence-corrected chi connectivity index (χ2v) is 19.0. The zero-order chi connectivity index (χ0) is 53.7. The Balaban J connectivity index is 1.68. The van der Waals surface area contributed by atoms with Gasteiger partial charge >= 0.3 is 0 Å². The lowest BCUT2D eigenvalue weighted by Crippen LogP contribution is -2.57. The van der Waals surface area contributed by atoms with Crippen LogP contribution in [0.3, 0.4) is 0 Å². The van der Waals surface area contributed by atoms with Crippen molar-refractivity contribution in [1.82, 2.24) is 41.3 Å². The van der Waals surface area contributed by atoms with Gasteiger partial charge in [0.15, 0.2) is 0 Å². The van der Waals surface area contributed by atoms with E-state index in [0.29, 0.717) is 12.0 Å². The number of amides is 8. The van der Waals surface area contributed by atoms with E-state index < -0.39 is 96.5 Å². The molecule has 3 rings (SSSR count). The van der Waals surface area contributed by atoms with Crippen LogP contribution in [0.1, 0.15) is 135 Å². The van der Waals surface area contributed by atoms with Gasteiger partial charge in [0.2, 0.25) is 47.1 Å². The Bertz CT molecular complexity index is 2220. The quantitative estimate of drug-likeness (QED) is 0.0499. The Labute approximate surface area is 423 Å². The van der Waals surface area contributed by atoms with Crippen molar-refractivity contribution in [2.45, 2.75) is 160 Å². The van der Waals surface area contributed by atoms with Crippen molar-refractivity contribution in [2.75, 3.05) is 41.3 Å². The second-order valence-electron chi connectivity index (χ2n) is 19.0. The molecule has 1 aliphatic rings. The van der Waals surface area contributed by atoms with Crippen molar-refractivity contribution in [2.24, 2.45) is 0 Å². The number of phenols is 2. The molecule has 6 atom stereocenters. The molecule has 8 N–H and O–H groups in total. The summed E-state index contributed by atoms with van der Waals surface area (Å²) in [5.41, 5.74) is 0.618. The van der Waals surface area contributed by atoms with E-state index in [1.54, 1.807) is 0 Å². The number of ketones is 1. The van der Waals surface area contributed by atoms with Crippen LogP contribution < -0.4 is 26.6 Å². The van der Waals surface area contributed by atoms with Crippen LogP contribution in [0.2, 0.25) is 0 Å². The van der Waals surface area contributed by atoms with E-state index in [1.165, 1.54) is 137 Å². The molecule has 2 aromatic carbocycles. The molecule has 20 nitrogen and oxygen atoms in total. The molecule has 1 heterocycles. The molecule has 2 aromatic rings. The molecule has 0 unspecified atom stereocenters. The minimum Gasteiger partial charge on any atom is -0.507 e. The lowest BCUT2D eigenvalue weighted by Gasteiger charge is -2.30. The number of aliphatic hydroxyl groups is 1. The van der Waals surface area contributed by atoms with Gasteiger partial charge in [-0.05, 0) is 62.6 Å². The summed E-state index contributed by atoms with van der Waals surface area (Å²) in [6.45, 7) is 4.84. The number of nitrogens with one attached hydrogen (secondary N) is 5. The zero-order valence-corrected chi connectivity index (χ0v) is 43.3. The van der Waals surface area contributed by atoms with Gasteiger partial charge in [-0.2, -0.15) is 0 Å². The fourth-order valence-electron chi connectivity index (χ4n) is 8.29. The van der Waals surface area contributed by atoms with Crippen LogP contribution in [0.5, 0.6) is 11.5 Å². The van der Waals surface area contributed by atoms with Gasteiger partial charge in [-0.25, -0.2) is 0 Å². The number of benzene rings is 2. The number of phenolic OH excluding ortho intramolecular Hbond substituents is 2. The van der Waals surface area contributed by atoms with Crippen LogP contribution in [0, 0.1) is 0 Å². The van der Waals surface area contributed by atoms with Crippen LogP contribution in [0.4, 0.5) is 0 Å². The van der Waals surface area contributed by atoms with Crippen molar-refractivity contribution >= 4 is 53.0 Å². The Hall–Kier alpha value is -6.57. The summed E-state index contributed by atoms with van der Waals surface area (Å²) < 4.78 is 0. The molecule has 72 heavy (non-hydrogen) atoms. The van der Waals surface area contributed by atoms with Crippen LogP contribution in [-0.4, -0.2) is 155 Å². The van der Waals surface area contributed by atoms with Gasteiger partial charge in [0.25, 0.3) is 5.91 Å². The summed E-state index contributed by atoms with van der Waals surface area (Å²) in [6, 6.07) is 0.204. The summed E-state index contributed by atoms with van der Waals surface area (Å²) >= 11 is 0. The van der Waals surface area contributed by atoms with Gasteiger partial charge in [0.05, 0.1) is 19.2 Å². The maximum atomic E-state index is 14.2. The number of hydrogen-bond donors (Lipinski definition) is 8. The van der Waals surface area contributed by atoms with Gasteiger partial charge in [0, 0.05) is 52.2 Å². The van der Waals surface area contributed by atoms with Crippen LogP contribution in [0.15, 0.2) is 36.4 Å². The first-order valence-corrected chi connectivity index (χ1v) is 25.1. The number of fused-ring (bicyclic) bond motifs is 5. The fourth-order valence-corrected chi connectivity index (χ4v) is 8.29. The maximum absolute atomic E-state index is 14.2. The number of hydrogen-bond acceptors (Lipinski definition) is 12. The van der Waals surface area contributed by atoms with Gasteiger partial charge in [-0.15, -0.1) is 0 Å². The Morgan fingerprint density at radius 2 is 1.25 bits per heavy atom. The lowest BCUT2D eigenvalue weighted by atomic mass is 9.93. The monoisotopic (exact) mass is 1010 g/mol. The Kier molecular flexibility index (Phi) is 24.6. The average molecular weight is 1010 g/mol. The normalized spacial score (nSPS) is 16.9. The predicted molar refractivity (Wildman–Crippen MR) is 270 cm³/mol. The number of Topliss-reactive ketones (excluding diaryl/α,β-unsaturated/α-hetero) is 1. The number of rotatable bonds is 26. The first-order chi connectivity index (χ1) is 34.1. The molecule has 0 aliphatic carbocycles. The van der Waals surface area contributed by atoms with Crippen LogP contribution in [-0.2, 0) is 49.6 Å². The van der Waals surface area contributed by atoms with E-state index in [2.05, 4.69) is 33.5 Å². The summed E-state index contributed by atoms with van der Waals surface area (Å²) in [7, 11) is 5.43. The molecule has 0 fully saturated rings. The highest BCUT2D eigenvalue weighted by Crippen LogP contribution is 2.38. The first kappa shape index (κ1) is 59.7. The zero-order valence-electron chi connectivity index (χ0n) is 43.3. The van der Waals surface area contributed by atoms with Crippen molar-refractivity contribution in [3.8, 4) is 22.6 Å². The van der Waals surface area contributed by atoms with E-state index in [-0.39, 0.29) is 46.9 Å². The highest BCUT2D eigenvalue weighted by molar-refractivity contribution is 6.38. The molecule has 0 spiro atoms.